The molecule has 0 radical (unpaired) electrons. The maximum atomic E-state index is 5.90. The largest absolute Gasteiger partial charge is 0.399 e. The Morgan fingerprint density at radius 3 is 2.86 bits per heavy atom. The average Bonchev–Trinajstić information content (AvgIpc) is 2.23. The van der Waals surface area contributed by atoms with Gasteiger partial charge in [-0.25, -0.2) is 0 Å². The topological polar surface area (TPSA) is 38.0 Å². The normalized spacial score (nSPS) is 22.2. The fourth-order valence-corrected chi connectivity index (χ4v) is 2.01. The maximum Gasteiger partial charge on any atom is 0.0347 e. The zero-order valence-corrected chi connectivity index (χ0v) is 8.72. The van der Waals surface area contributed by atoms with Gasteiger partial charge in [0.2, 0.25) is 0 Å². The number of anilines is 1. The molecular weight excluding hydrogens is 172 g/mol. The van der Waals surface area contributed by atoms with Gasteiger partial charge in [-0.05, 0) is 43.5 Å². The van der Waals surface area contributed by atoms with E-state index in [9.17, 15) is 0 Å². The third kappa shape index (κ3) is 1.90. The van der Waals surface area contributed by atoms with E-state index in [1.54, 1.807) is 0 Å². The Balaban J connectivity index is 2.18. The van der Waals surface area contributed by atoms with E-state index in [1.165, 1.54) is 30.4 Å². The van der Waals surface area contributed by atoms with Gasteiger partial charge in [0.25, 0.3) is 0 Å². The van der Waals surface area contributed by atoms with Crippen LogP contribution in [0.1, 0.15) is 36.4 Å². The van der Waals surface area contributed by atoms with E-state index < -0.39 is 0 Å². The lowest BCUT2D eigenvalue weighted by atomic mass is 9.96. The van der Waals surface area contributed by atoms with Gasteiger partial charge in [0.15, 0.2) is 0 Å². The minimum Gasteiger partial charge on any atom is -0.399 e. The van der Waals surface area contributed by atoms with Crippen LogP contribution in [-0.2, 0) is 0 Å². The van der Waals surface area contributed by atoms with Crippen LogP contribution in [0.5, 0.6) is 0 Å². The van der Waals surface area contributed by atoms with Crippen LogP contribution in [0.2, 0.25) is 0 Å². The van der Waals surface area contributed by atoms with Gasteiger partial charge in [-0.3, -0.25) is 0 Å². The average molecular weight is 190 g/mol. The molecule has 76 valence electrons. The van der Waals surface area contributed by atoms with E-state index in [0.717, 1.165) is 12.2 Å². The number of benzene rings is 1. The molecule has 1 fully saturated rings. The first-order valence-electron chi connectivity index (χ1n) is 5.37. The number of hydrogen-bond donors (Lipinski definition) is 2. The molecule has 1 atom stereocenters. The molecule has 3 N–H and O–H groups in total. The molecule has 0 aromatic heterocycles. The van der Waals surface area contributed by atoms with E-state index in [4.69, 9.17) is 5.73 Å². The van der Waals surface area contributed by atoms with Crippen LogP contribution in [0.15, 0.2) is 18.2 Å². The molecule has 0 aliphatic carbocycles. The lowest BCUT2D eigenvalue weighted by Gasteiger charge is -2.24. The zero-order valence-electron chi connectivity index (χ0n) is 8.72. The third-order valence-corrected chi connectivity index (χ3v) is 3.02. The van der Waals surface area contributed by atoms with E-state index >= 15 is 0 Å². The molecule has 0 amide bonds. The molecule has 0 bridgehead atoms. The van der Waals surface area contributed by atoms with Crippen molar-refractivity contribution in [3.05, 3.63) is 29.3 Å². The molecule has 0 spiro atoms. The monoisotopic (exact) mass is 190 g/mol. The first-order valence-corrected chi connectivity index (χ1v) is 5.37. The van der Waals surface area contributed by atoms with Crippen molar-refractivity contribution in [3.8, 4) is 0 Å². The Bertz CT molecular complexity index is 314. The Morgan fingerprint density at radius 2 is 2.21 bits per heavy atom. The summed E-state index contributed by atoms with van der Waals surface area (Å²) in [7, 11) is 0. The van der Waals surface area contributed by atoms with Crippen molar-refractivity contribution in [1.29, 1.82) is 0 Å². The minimum atomic E-state index is 0.520. The number of rotatable bonds is 1. The Hall–Kier alpha value is -1.02. The first kappa shape index (κ1) is 9.53. The van der Waals surface area contributed by atoms with Gasteiger partial charge >= 0.3 is 0 Å². The van der Waals surface area contributed by atoms with Gasteiger partial charge in [-0.2, -0.15) is 0 Å². The summed E-state index contributed by atoms with van der Waals surface area (Å²) in [5.41, 5.74) is 9.32. The predicted molar refractivity (Wildman–Crippen MR) is 60.2 cm³/mol. The fourth-order valence-electron chi connectivity index (χ4n) is 2.01. The molecule has 2 rings (SSSR count). The second-order valence-corrected chi connectivity index (χ2v) is 4.12. The van der Waals surface area contributed by atoms with Crippen LogP contribution in [-0.4, -0.2) is 6.54 Å². The van der Waals surface area contributed by atoms with E-state index in [0.29, 0.717) is 6.04 Å². The molecule has 2 heteroatoms. The molecule has 1 heterocycles. The third-order valence-electron chi connectivity index (χ3n) is 3.02. The van der Waals surface area contributed by atoms with Crippen molar-refractivity contribution >= 4 is 5.69 Å². The number of piperidine rings is 1. The molecule has 1 aromatic carbocycles. The Labute approximate surface area is 85.5 Å². The van der Waals surface area contributed by atoms with Crippen molar-refractivity contribution in [2.75, 3.05) is 12.3 Å². The summed E-state index contributed by atoms with van der Waals surface area (Å²) >= 11 is 0. The van der Waals surface area contributed by atoms with Gasteiger partial charge in [-0.1, -0.05) is 18.6 Å². The number of aryl methyl sites for hydroxylation is 1. The Morgan fingerprint density at radius 1 is 1.36 bits per heavy atom. The first-order chi connectivity index (χ1) is 6.77. The number of hydrogen-bond acceptors (Lipinski definition) is 2. The van der Waals surface area contributed by atoms with Crippen molar-refractivity contribution in [2.24, 2.45) is 0 Å². The number of nitrogens with two attached hydrogens (primary N) is 1. The number of nitrogen functional groups attached to an aromatic ring is 1. The molecule has 1 aliphatic heterocycles. The summed E-state index contributed by atoms with van der Waals surface area (Å²) in [6.07, 6.45) is 3.87. The maximum absolute atomic E-state index is 5.90. The number of nitrogens with one attached hydrogen (secondary N) is 1. The van der Waals surface area contributed by atoms with Gasteiger partial charge < -0.3 is 11.1 Å². The lowest BCUT2D eigenvalue weighted by molar-refractivity contribution is 0.412. The van der Waals surface area contributed by atoms with E-state index in [2.05, 4.69) is 23.5 Å². The van der Waals surface area contributed by atoms with Crippen LogP contribution in [0, 0.1) is 6.92 Å². The van der Waals surface area contributed by atoms with Crippen molar-refractivity contribution < 1.29 is 0 Å². The van der Waals surface area contributed by atoms with E-state index in [1.807, 2.05) is 6.92 Å². The van der Waals surface area contributed by atoms with Crippen molar-refractivity contribution in [1.82, 2.24) is 5.32 Å². The van der Waals surface area contributed by atoms with Crippen LogP contribution in [0.4, 0.5) is 5.69 Å². The summed E-state index contributed by atoms with van der Waals surface area (Å²) in [6, 6.07) is 6.93. The molecule has 0 unspecified atom stereocenters. The zero-order chi connectivity index (χ0) is 9.97. The SMILES string of the molecule is Cc1ccc([C@@H]2CCCCN2)cc1N. The predicted octanol–water partition coefficient (Wildman–Crippen LogP) is 2.39. The summed E-state index contributed by atoms with van der Waals surface area (Å²) in [6.45, 7) is 3.19. The quantitative estimate of drug-likeness (QED) is 0.667. The smallest absolute Gasteiger partial charge is 0.0347 e. The summed E-state index contributed by atoms with van der Waals surface area (Å²) < 4.78 is 0. The molecular formula is C12H18N2. The summed E-state index contributed by atoms with van der Waals surface area (Å²) in [5.74, 6) is 0. The summed E-state index contributed by atoms with van der Waals surface area (Å²) in [4.78, 5) is 0. The van der Waals surface area contributed by atoms with Crippen LogP contribution in [0.25, 0.3) is 0 Å². The second kappa shape index (κ2) is 4.01. The van der Waals surface area contributed by atoms with Crippen molar-refractivity contribution in [2.45, 2.75) is 32.2 Å². The molecule has 2 nitrogen and oxygen atoms in total. The molecule has 1 aromatic rings. The lowest BCUT2D eigenvalue weighted by Crippen LogP contribution is -2.26. The molecule has 14 heavy (non-hydrogen) atoms. The van der Waals surface area contributed by atoms with Gasteiger partial charge in [-0.15, -0.1) is 0 Å². The highest BCUT2D eigenvalue weighted by Crippen LogP contribution is 2.25. The van der Waals surface area contributed by atoms with Gasteiger partial charge in [0.1, 0.15) is 0 Å². The summed E-state index contributed by atoms with van der Waals surface area (Å²) in [5, 5.41) is 3.53. The van der Waals surface area contributed by atoms with Crippen molar-refractivity contribution in [3.63, 3.8) is 0 Å². The standard InChI is InChI=1S/C12H18N2/c1-9-5-6-10(8-11(9)13)12-4-2-3-7-14-12/h5-6,8,12,14H,2-4,7,13H2,1H3/t12-/m0/s1. The molecule has 0 saturated carbocycles. The van der Waals surface area contributed by atoms with Crippen LogP contribution >= 0.6 is 0 Å². The van der Waals surface area contributed by atoms with Crippen LogP contribution in [0.3, 0.4) is 0 Å². The van der Waals surface area contributed by atoms with E-state index in [-0.39, 0.29) is 0 Å². The minimum absolute atomic E-state index is 0.520. The van der Waals surface area contributed by atoms with Gasteiger partial charge in [0.05, 0.1) is 0 Å². The van der Waals surface area contributed by atoms with Crippen LogP contribution < -0.4 is 11.1 Å². The molecule has 1 aliphatic rings. The molecule has 1 saturated heterocycles. The fraction of sp³-hybridized carbons (Fsp3) is 0.500. The van der Waals surface area contributed by atoms with Gasteiger partial charge in [0, 0.05) is 11.7 Å². The second-order valence-electron chi connectivity index (χ2n) is 4.12. The Kier molecular flexibility index (Phi) is 2.73. The highest BCUT2D eigenvalue weighted by Gasteiger charge is 2.14. The highest BCUT2D eigenvalue weighted by molar-refractivity contribution is 5.49. The highest BCUT2D eigenvalue weighted by atomic mass is 14.9.